The highest BCUT2D eigenvalue weighted by molar-refractivity contribution is 7.89. The van der Waals surface area contributed by atoms with Crippen molar-refractivity contribution in [3.05, 3.63) is 114 Å². The molecule has 0 bridgehead atoms. The number of Topliss-reactive ketones (excluding diaryl/α,β-unsaturated/α-hetero) is 1. The first-order valence-electron chi connectivity index (χ1n) is 11.4. The van der Waals surface area contributed by atoms with Crippen molar-refractivity contribution in [2.75, 3.05) is 0 Å². The molecular weight excluding hydrogens is 458 g/mol. The van der Waals surface area contributed by atoms with Crippen molar-refractivity contribution in [1.82, 2.24) is 14.3 Å². The molecule has 4 rings (SSSR count). The number of sulfonamides is 1. The molecule has 3 aromatic carbocycles. The Hall–Kier alpha value is -3.68. The van der Waals surface area contributed by atoms with E-state index in [9.17, 15) is 13.2 Å². The van der Waals surface area contributed by atoms with Crippen LogP contribution in [-0.2, 0) is 34.3 Å². The van der Waals surface area contributed by atoms with Gasteiger partial charge in [-0.15, -0.1) is 0 Å². The van der Waals surface area contributed by atoms with E-state index >= 15 is 0 Å². The maximum atomic E-state index is 13.6. The summed E-state index contributed by atoms with van der Waals surface area (Å²) in [6, 6.07) is 25.6. The van der Waals surface area contributed by atoms with Gasteiger partial charge in [-0.1, -0.05) is 66.7 Å². The molecule has 0 atom stereocenters. The van der Waals surface area contributed by atoms with E-state index in [-0.39, 0.29) is 23.8 Å². The van der Waals surface area contributed by atoms with Gasteiger partial charge in [0.15, 0.2) is 5.82 Å². The fraction of sp³-hybridized carbons (Fsp3) is 0.179. The summed E-state index contributed by atoms with van der Waals surface area (Å²) in [4.78, 5) is 20.2. The molecule has 0 saturated carbocycles. The second-order valence-corrected chi connectivity index (χ2v) is 10.3. The number of aromatic nitrogens is 2. The summed E-state index contributed by atoms with van der Waals surface area (Å²) in [6.45, 7) is 2.01. The van der Waals surface area contributed by atoms with E-state index in [1.165, 1.54) is 4.31 Å². The molecule has 0 aliphatic carbocycles. The Morgan fingerprint density at radius 1 is 0.771 bits per heavy atom. The molecule has 178 valence electrons. The zero-order valence-corrected chi connectivity index (χ0v) is 20.4. The van der Waals surface area contributed by atoms with Gasteiger partial charge in [0.25, 0.3) is 0 Å². The van der Waals surface area contributed by atoms with E-state index in [1.807, 2.05) is 48.5 Å². The number of benzene rings is 3. The zero-order valence-electron chi connectivity index (χ0n) is 19.5. The molecule has 0 unspecified atom stereocenters. The van der Waals surface area contributed by atoms with Crippen LogP contribution in [0.3, 0.4) is 0 Å². The largest absolute Gasteiger partial charge is 0.300 e. The Kier molecular flexibility index (Phi) is 7.80. The van der Waals surface area contributed by atoms with Crippen LogP contribution in [0.5, 0.6) is 0 Å². The van der Waals surface area contributed by atoms with E-state index in [0.717, 1.165) is 22.3 Å². The van der Waals surface area contributed by atoms with Crippen LogP contribution < -0.4 is 0 Å². The Bertz CT molecular complexity index is 1370. The Morgan fingerprint density at radius 2 is 1.43 bits per heavy atom. The molecule has 0 amide bonds. The number of carbonyl (C=O) groups excluding carboxylic acids is 1. The number of hydrogen-bond acceptors (Lipinski definition) is 5. The van der Waals surface area contributed by atoms with Gasteiger partial charge in [0.2, 0.25) is 10.0 Å². The maximum absolute atomic E-state index is 13.6. The zero-order chi connectivity index (χ0) is 24.7. The predicted octanol–water partition coefficient (Wildman–Crippen LogP) is 5.06. The standard InChI is InChI=1S/C28H27N3O3S/c1-22(32)11-12-23-7-5-8-25(19-23)21-31(35(33,34)27-9-3-2-4-10-27)20-24-13-15-26(16-14-24)28-29-17-6-18-30-28/h2-10,13-19H,11-12,20-21H2,1H3. The van der Waals surface area contributed by atoms with Gasteiger partial charge in [-0.3, -0.25) is 0 Å². The van der Waals surface area contributed by atoms with Crippen LogP contribution in [-0.4, -0.2) is 28.5 Å². The topological polar surface area (TPSA) is 80.2 Å². The molecule has 0 aliphatic heterocycles. The van der Waals surface area contributed by atoms with E-state index in [2.05, 4.69) is 9.97 Å². The van der Waals surface area contributed by atoms with Gasteiger partial charge >= 0.3 is 0 Å². The van der Waals surface area contributed by atoms with Gasteiger partial charge in [-0.05, 0) is 48.2 Å². The van der Waals surface area contributed by atoms with Crippen molar-refractivity contribution in [3.63, 3.8) is 0 Å². The Labute approximate surface area is 206 Å². The van der Waals surface area contributed by atoms with Crippen molar-refractivity contribution in [2.45, 2.75) is 37.8 Å². The molecule has 0 fully saturated rings. The number of aryl methyl sites for hydroxylation is 1. The quantitative estimate of drug-likeness (QED) is 0.314. The lowest BCUT2D eigenvalue weighted by atomic mass is 10.0. The third-order valence-corrected chi connectivity index (χ3v) is 7.44. The molecule has 0 aliphatic rings. The molecule has 4 aromatic rings. The van der Waals surface area contributed by atoms with Gasteiger partial charge < -0.3 is 4.79 Å². The van der Waals surface area contributed by atoms with Crippen LogP contribution in [0.4, 0.5) is 0 Å². The average molecular weight is 486 g/mol. The molecule has 35 heavy (non-hydrogen) atoms. The predicted molar refractivity (Wildman–Crippen MR) is 136 cm³/mol. The molecular formula is C28H27N3O3S. The number of ketones is 1. The summed E-state index contributed by atoms with van der Waals surface area (Å²) in [5, 5.41) is 0. The fourth-order valence-electron chi connectivity index (χ4n) is 3.79. The molecule has 1 aromatic heterocycles. The highest BCUT2D eigenvalue weighted by atomic mass is 32.2. The van der Waals surface area contributed by atoms with Crippen LogP contribution in [0.25, 0.3) is 11.4 Å². The van der Waals surface area contributed by atoms with Crippen LogP contribution >= 0.6 is 0 Å². The first-order chi connectivity index (χ1) is 16.9. The number of carbonyl (C=O) groups is 1. The highest BCUT2D eigenvalue weighted by Gasteiger charge is 2.25. The molecule has 0 N–H and O–H groups in total. The van der Waals surface area contributed by atoms with Crippen LogP contribution in [0.15, 0.2) is 102 Å². The normalized spacial score (nSPS) is 11.5. The van der Waals surface area contributed by atoms with Crippen LogP contribution in [0, 0.1) is 0 Å². The lowest BCUT2D eigenvalue weighted by molar-refractivity contribution is -0.116. The fourth-order valence-corrected chi connectivity index (χ4v) is 5.22. The summed E-state index contributed by atoms with van der Waals surface area (Å²) in [5.41, 5.74) is 3.61. The lowest BCUT2D eigenvalue weighted by Crippen LogP contribution is -2.30. The minimum Gasteiger partial charge on any atom is -0.300 e. The van der Waals surface area contributed by atoms with E-state index in [0.29, 0.717) is 18.7 Å². The summed E-state index contributed by atoms with van der Waals surface area (Å²) in [7, 11) is -3.74. The van der Waals surface area contributed by atoms with Crippen molar-refractivity contribution in [1.29, 1.82) is 0 Å². The highest BCUT2D eigenvalue weighted by Crippen LogP contribution is 2.23. The van der Waals surface area contributed by atoms with E-state index in [4.69, 9.17) is 0 Å². The van der Waals surface area contributed by atoms with E-state index < -0.39 is 10.0 Å². The molecule has 6 nitrogen and oxygen atoms in total. The second kappa shape index (κ2) is 11.2. The first kappa shape index (κ1) is 24.4. The van der Waals surface area contributed by atoms with Crippen LogP contribution in [0.1, 0.15) is 30.0 Å². The first-order valence-corrected chi connectivity index (χ1v) is 12.8. The SMILES string of the molecule is CC(=O)CCc1cccc(CN(Cc2ccc(-c3ncccn3)cc2)S(=O)(=O)c2ccccc2)c1. The Balaban J connectivity index is 1.61. The Morgan fingerprint density at radius 3 is 2.11 bits per heavy atom. The third-order valence-electron chi connectivity index (χ3n) is 5.63. The van der Waals surface area contributed by atoms with Gasteiger partial charge in [-0.25, -0.2) is 18.4 Å². The summed E-state index contributed by atoms with van der Waals surface area (Å²) >= 11 is 0. The summed E-state index contributed by atoms with van der Waals surface area (Å²) < 4.78 is 28.7. The van der Waals surface area contributed by atoms with Crippen LogP contribution in [0.2, 0.25) is 0 Å². The molecule has 1 heterocycles. The minimum atomic E-state index is -3.74. The van der Waals surface area contributed by atoms with Gasteiger partial charge in [0, 0.05) is 37.5 Å². The lowest BCUT2D eigenvalue weighted by Gasteiger charge is -2.23. The maximum Gasteiger partial charge on any atom is 0.243 e. The molecule has 0 spiro atoms. The van der Waals surface area contributed by atoms with Crippen molar-refractivity contribution in [3.8, 4) is 11.4 Å². The smallest absolute Gasteiger partial charge is 0.243 e. The van der Waals surface area contributed by atoms with Crippen molar-refractivity contribution < 1.29 is 13.2 Å². The average Bonchev–Trinajstić information content (AvgIpc) is 2.89. The van der Waals surface area contributed by atoms with Gasteiger partial charge in [-0.2, -0.15) is 4.31 Å². The monoisotopic (exact) mass is 485 g/mol. The van der Waals surface area contributed by atoms with Gasteiger partial charge in [0.1, 0.15) is 5.78 Å². The number of nitrogens with zero attached hydrogens (tertiary/aromatic N) is 3. The molecule has 0 radical (unpaired) electrons. The van der Waals surface area contributed by atoms with E-state index in [1.54, 1.807) is 55.7 Å². The van der Waals surface area contributed by atoms with Gasteiger partial charge in [0.05, 0.1) is 4.90 Å². The third kappa shape index (κ3) is 6.47. The number of hydrogen-bond donors (Lipinski definition) is 0. The van der Waals surface area contributed by atoms with Crippen molar-refractivity contribution in [2.24, 2.45) is 0 Å². The summed E-state index contributed by atoms with van der Waals surface area (Å²) in [5.74, 6) is 0.753. The molecule has 7 heteroatoms. The summed E-state index contributed by atoms with van der Waals surface area (Å²) in [6.07, 6.45) is 4.48. The van der Waals surface area contributed by atoms with Crippen molar-refractivity contribution >= 4 is 15.8 Å². The number of rotatable bonds is 10. The molecule has 0 saturated heterocycles. The second-order valence-electron chi connectivity index (χ2n) is 8.38. The minimum absolute atomic E-state index is 0.132.